The van der Waals surface area contributed by atoms with Crippen molar-refractivity contribution in [3.05, 3.63) is 53.2 Å². The van der Waals surface area contributed by atoms with Crippen molar-refractivity contribution in [2.45, 2.75) is 31.7 Å². The average molecular weight is 329 g/mol. The number of aryl methyl sites for hydroxylation is 2. The number of nitrogens with one attached hydrogen (secondary N) is 1. The second-order valence-corrected chi connectivity index (χ2v) is 7.40. The highest BCUT2D eigenvalue weighted by molar-refractivity contribution is 8.02. The van der Waals surface area contributed by atoms with Gasteiger partial charge in [-0.2, -0.15) is 0 Å². The molecule has 1 fully saturated rings. The topological polar surface area (TPSA) is 61.3 Å². The molecule has 6 heteroatoms. The summed E-state index contributed by atoms with van der Waals surface area (Å²) in [6.07, 6.45) is 1.18. The molecule has 1 radical (unpaired) electrons. The lowest BCUT2D eigenvalue weighted by atomic mass is 9.95. The van der Waals surface area contributed by atoms with Gasteiger partial charge in [-0.1, -0.05) is 6.07 Å². The molecule has 1 saturated heterocycles. The van der Waals surface area contributed by atoms with Gasteiger partial charge in [-0.05, 0) is 57.1 Å². The molecule has 0 aliphatic carbocycles. The summed E-state index contributed by atoms with van der Waals surface area (Å²) in [5, 5.41) is 13.8. The summed E-state index contributed by atoms with van der Waals surface area (Å²) >= 11 is 1.63. The first-order chi connectivity index (χ1) is 10.9. The van der Waals surface area contributed by atoms with E-state index >= 15 is 0 Å². The molecule has 1 aromatic carbocycles. The predicted molar refractivity (Wildman–Crippen MR) is 94.2 cm³/mol. The number of thioether (sulfide) groups is 1. The first kappa shape index (κ1) is 16.2. The zero-order valence-corrected chi connectivity index (χ0v) is 14.6. The number of aromatic nitrogens is 2. The summed E-state index contributed by atoms with van der Waals surface area (Å²) in [6, 6.07) is 8.09. The predicted octanol–water partition coefficient (Wildman–Crippen LogP) is 3.17. The lowest BCUT2D eigenvalue weighted by molar-refractivity contribution is 0.0293. The van der Waals surface area contributed by atoms with E-state index in [-0.39, 0.29) is 0 Å². The molecule has 2 aromatic rings. The Balaban J connectivity index is 1.94. The van der Waals surface area contributed by atoms with Gasteiger partial charge in [-0.25, -0.2) is 9.97 Å². The molecule has 23 heavy (non-hydrogen) atoms. The first-order valence-electron chi connectivity index (χ1n) is 7.48. The molecule has 3 rings (SSSR count). The quantitative estimate of drug-likeness (QED) is 0.902. The van der Waals surface area contributed by atoms with E-state index in [9.17, 15) is 5.11 Å². The zero-order chi connectivity index (χ0) is 16.6. The standard InChI is InChI=1S/C17H21N4OS/c1-11-7-13(17(3)15(22)21(4)10-23-17)9-14(8-11)20-16-18-6-5-12(2)19-16/h5-10,15,22H,1-4H3,(H,18,19,20). The molecule has 1 aliphatic heterocycles. The van der Waals surface area contributed by atoms with Crippen molar-refractivity contribution in [1.29, 1.82) is 0 Å². The SMILES string of the molecule is Cc1cc(Nc2nccc(C)n2)cc(C2(C)S[CH]N(C)C2O)c1. The van der Waals surface area contributed by atoms with E-state index in [1.807, 2.05) is 30.8 Å². The summed E-state index contributed by atoms with van der Waals surface area (Å²) in [6.45, 7) is 6.05. The minimum Gasteiger partial charge on any atom is -0.377 e. The molecule has 2 atom stereocenters. The van der Waals surface area contributed by atoms with Gasteiger partial charge >= 0.3 is 0 Å². The van der Waals surface area contributed by atoms with E-state index < -0.39 is 11.0 Å². The second-order valence-electron chi connectivity index (χ2n) is 6.10. The van der Waals surface area contributed by atoms with Crippen LogP contribution in [0.1, 0.15) is 23.7 Å². The van der Waals surface area contributed by atoms with Crippen LogP contribution in [0.25, 0.3) is 0 Å². The normalized spacial score (nSPS) is 24.8. The van der Waals surface area contributed by atoms with Crippen LogP contribution in [0.5, 0.6) is 0 Å². The number of hydrogen-bond donors (Lipinski definition) is 2. The molecule has 0 saturated carbocycles. The van der Waals surface area contributed by atoms with Crippen LogP contribution >= 0.6 is 11.8 Å². The number of benzene rings is 1. The monoisotopic (exact) mass is 329 g/mol. The van der Waals surface area contributed by atoms with Crippen LogP contribution in [-0.2, 0) is 4.75 Å². The lowest BCUT2D eigenvalue weighted by Gasteiger charge is -2.29. The molecule has 5 nitrogen and oxygen atoms in total. The first-order valence-corrected chi connectivity index (χ1v) is 8.36. The third-order valence-electron chi connectivity index (χ3n) is 4.04. The van der Waals surface area contributed by atoms with Gasteiger partial charge in [-0.15, -0.1) is 11.8 Å². The molecular formula is C17H21N4OS. The smallest absolute Gasteiger partial charge is 0.227 e. The summed E-state index contributed by atoms with van der Waals surface area (Å²) in [5.74, 6) is 2.54. The number of hydrogen-bond acceptors (Lipinski definition) is 6. The average Bonchev–Trinajstić information content (AvgIpc) is 2.76. The van der Waals surface area contributed by atoms with Crippen molar-refractivity contribution in [1.82, 2.24) is 14.9 Å². The van der Waals surface area contributed by atoms with Gasteiger partial charge in [0.05, 0.1) is 10.6 Å². The van der Waals surface area contributed by atoms with Gasteiger partial charge in [-0.3, -0.25) is 4.90 Å². The Hall–Kier alpha value is -1.63. The molecule has 0 spiro atoms. The highest BCUT2D eigenvalue weighted by atomic mass is 32.2. The van der Waals surface area contributed by atoms with Crippen molar-refractivity contribution >= 4 is 23.4 Å². The minimum absolute atomic E-state index is 0.398. The Morgan fingerprint density at radius 2 is 2.09 bits per heavy atom. The third kappa shape index (κ3) is 3.20. The molecule has 1 aliphatic rings. The summed E-state index contributed by atoms with van der Waals surface area (Å²) < 4.78 is -0.398. The summed E-state index contributed by atoms with van der Waals surface area (Å²) in [4.78, 5) is 10.5. The molecule has 0 amide bonds. The minimum atomic E-state index is -0.558. The Kier molecular flexibility index (Phi) is 4.31. The van der Waals surface area contributed by atoms with Gasteiger partial charge in [0.25, 0.3) is 0 Å². The van der Waals surface area contributed by atoms with E-state index in [2.05, 4.69) is 47.3 Å². The van der Waals surface area contributed by atoms with Crippen molar-refractivity contribution in [3.63, 3.8) is 0 Å². The largest absolute Gasteiger partial charge is 0.377 e. The Morgan fingerprint density at radius 1 is 1.30 bits per heavy atom. The van der Waals surface area contributed by atoms with Gasteiger partial charge in [0.15, 0.2) is 0 Å². The fourth-order valence-corrected chi connectivity index (χ4v) is 3.74. The summed E-state index contributed by atoms with van der Waals surface area (Å²) in [5.41, 5.74) is 4.04. The van der Waals surface area contributed by atoms with E-state index in [1.54, 1.807) is 18.0 Å². The van der Waals surface area contributed by atoms with Gasteiger partial charge in [0.2, 0.25) is 5.95 Å². The van der Waals surface area contributed by atoms with Crippen LogP contribution in [-0.4, -0.2) is 33.2 Å². The molecule has 2 unspecified atom stereocenters. The van der Waals surface area contributed by atoms with E-state index in [1.165, 1.54) is 0 Å². The number of likely N-dealkylation sites (N-methyl/N-ethyl adjacent to an activating group) is 1. The van der Waals surface area contributed by atoms with Crippen LogP contribution in [0.2, 0.25) is 0 Å². The van der Waals surface area contributed by atoms with Crippen molar-refractivity contribution in [2.24, 2.45) is 0 Å². The van der Waals surface area contributed by atoms with Crippen LogP contribution < -0.4 is 5.32 Å². The number of nitrogens with zero attached hydrogens (tertiary/aromatic N) is 3. The maximum Gasteiger partial charge on any atom is 0.227 e. The van der Waals surface area contributed by atoms with Crippen LogP contribution in [0.4, 0.5) is 11.6 Å². The summed E-state index contributed by atoms with van der Waals surface area (Å²) in [7, 11) is 1.89. The molecule has 1 aromatic heterocycles. The molecular weight excluding hydrogens is 308 g/mol. The van der Waals surface area contributed by atoms with Gasteiger partial charge < -0.3 is 10.4 Å². The van der Waals surface area contributed by atoms with E-state index in [4.69, 9.17) is 0 Å². The number of anilines is 2. The third-order valence-corrected chi connectivity index (χ3v) is 5.42. The zero-order valence-electron chi connectivity index (χ0n) is 13.7. The Labute approximate surface area is 141 Å². The maximum absolute atomic E-state index is 10.5. The van der Waals surface area contributed by atoms with Gasteiger partial charge in [0.1, 0.15) is 6.23 Å². The van der Waals surface area contributed by atoms with E-state index in [0.717, 1.165) is 22.5 Å². The molecule has 2 N–H and O–H groups in total. The molecule has 2 heterocycles. The molecule has 121 valence electrons. The second kappa shape index (κ2) is 6.11. The fourth-order valence-electron chi connectivity index (χ4n) is 2.70. The van der Waals surface area contributed by atoms with Crippen LogP contribution in [0.15, 0.2) is 30.5 Å². The lowest BCUT2D eigenvalue weighted by Crippen LogP contribution is -2.37. The van der Waals surface area contributed by atoms with Gasteiger partial charge in [0, 0.05) is 17.6 Å². The Bertz CT molecular complexity index is 723. The number of rotatable bonds is 3. The molecule has 0 bridgehead atoms. The van der Waals surface area contributed by atoms with Crippen molar-refractivity contribution in [3.8, 4) is 0 Å². The maximum atomic E-state index is 10.5. The van der Waals surface area contributed by atoms with Crippen LogP contribution in [0, 0.1) is 19.7 Å². The highest BCUT2D eigenvalue weighted by Gasteiger charge is 2.44. The highest BCUT2D eigenvalue weighted by Crippen LogP contribution is 2.48. The van der Waals surface area contributed by atoms with Crippen molar-refractivity contribution in [2.75, 3.05) is 12.4 Å². The fraction of sp³-hybridized carbons (Fsp3) is 0.353. The van der Waals surface area contributed by atoms with E-state index in [0.29, 0.717) is 5.95 Å². The number of aliphatic hydroxyl groups is 1. The van der Waals surface area contributed by atoms with Crippen molar-refractivity contribution < 1.29 is 5.11 Å². The number of aliphatic hydroxyl groups excluding tert-OH is 1. The Morgan fingerprint density at radius 3 is 2.74 bits per heavy atom. The van der Waals surface area contributed by atoms with Crippen LogP contribution in [0.3, 0.4) is 0 Å².